The molecule has 5 rings (SSSR count). The molecule has 0 fully saturated rings. The van der Waals surface area contributed by atoms with E-state index in [1.54, 1.807) is 30.5 Å². The Hall–Kier alpha value is -5.10. The molecule has 0 spiro atoms. The molecule has 0 saturated heterocycles. The normalized spacial score (nSPS) is 16.6. The topological polar surface area (TPSA) is 167 Å². The minimum absolute atomic E-state index is 0.0856. The summed E-state index contributed by atoms with van der Waals surface area (Å²) in [5.74, 6) is -1.16. The third kappa shape index (κ3) is 7.45. The van der Waals surface area contributed by atoms with E-state index >= 15 is 0 Å². The molecule has 0 unspecified atom stereocenters. The average molecular weight is 615 g/mol. The number of fused-ring (bicyclic) bond motifs is 4. The Balaban J connectivity index is 1.44. The van der Waals surface area contributed by atoms with Gasteiger partial charge in [0.2, 0.25) is 11.8 Å². The van der Waals surface area contributed by atoms with Crippen LogP contribution in [0.15, 0.2) is 67.1 Å². The number of anilines is 1. The number of halogens is 1. The molecule has 226 valence electrons. The van der Waals surface area contributed by atoms with Crippen LogP contribution in [-0.4, -0.2) is 56.1 Å². The third-order valence-corrected chi connectivity index (χ3v) is 7.57. The van der Waals surface area contributed by atoms with Crippen molar-refractivity contribution >= 4 is 41.1 Å². The number of carbonyl (C=O) groups is 3. The van der Waals surface area contributed by atoms with Crippen molar-refractivity contribution in [1.82, 2.24) is 30.5 Å². The molecule has 0 aliphatic carbocycles. The van der Waals surface area contributed by atoms with Crippen molar-refractivity contribution in [1.29, 1.82) is 0 Å². The molecule has 2 aromatic carbocycles. The van der Waals surface area contributed by atoms with Crippen molar-refractivity contribution in [3.05, 3.63) is 89.0 Å². The minimum atomic E-state index is -0.620. The van der Waals surface area contributed by atoms with Crippen LogP contribution in [0.3, 0.4) is 0 Å². The number of carbonyl (C=O) groups excluding carboxylic acids is 3. The smallest absolute Gasteiger partial charge is 0.309 e. The van der Waals surface area contributed by atoms with E-state index in [0.717, 1.165) is 16.7 Å². The summed E-state index contributed by atoms with van der Waals surface area (Å²) in [4.78, 5) is 42.1. The second-order valence-corrected chi connectivity index (χ2v) is 10.8. The molecular formula is C31H31ClN8O4. The van der Waals surface area contributed by atoms with Crippen LogP contribution in [0, 0.1) is 0 Å². The molecule has 0 saturated carbocycles. The maximum Gasteiger partial charge on any atom is 0.309 e. The average Bonchev–Trinajstić information content (AvgIpc) is 3.55. The number of hydrogen-bond donors (Lipinski definition) is 3. The number of rotatable bonds is 7. The van der Waals surface area contributed by atoms with Crippen LogP contribution < -0.4 is 16.4 Å². The molecular weight excluding hydrogens is 584 g/mol. The predicted octanol–water partition coefficient (Wildman–Crippen LogP) is 3.80. The van der Waals surface area contributed by atoms with Crippen molar-refractivity contribution < 1.29 is 19.1 Å². The van der Waals surface area contributed by atoms with Gasteiger partial charge in [-0.25, -0.2) is 0 Å². The van der Waals surface area contributed by atoms with Crippen LogP contribution in [0.1, 0.15) is 48.5 Å². The Morgan fingerprint density at radius 1 is 1.14 bits per heavy atom. The van der Waals surface area contributed by atoms with Gasteiger partial charge in [0, 0.05) is 34.1 Å². The van der Waals surface area contributed by atoms with E-state index in [9.17, 15) is 14.4 Å². The molecule has 12 nitrogen and oxygen atoms in total. The Bertz CT molecular complexity index is 1690. The van der Waals surface area contributed by atoms with E-state index in [4.69, 9.17) is 22.1 Å². The third-order valence-electron chi connectivity index (χ3n) is 7.33. The fourth-order valence-corrected chi connectivity index (χ4v) is 5.29. The van der Waals surface area contributed by atoms with E-state index in [1.165, 1.54) is 24.2 Å². The maximum atomic E-state index is 13.2. The minimum Gasteiger partial charge on any atom is -0.469 e. The lowest BCUT2D eigenvalue weighted by Crippen LogP contribution is -2.35. The van der Waals surface area contributed by atoms with E-state index in [0.29, 0.717) is 53.3 Å². The number of esters is 1. The molecule has 44 heavy (non-hydrogen) atoms. The van der Waals surface area contributed by atoms with Crippen LogP contribution in [0.4, 0.5) is 5.69 Å². The van der Waals surface area contributed by atoms with Crippen molar-refractivity contribution in [2.24, 2.45) is 5.73 Å². The molecule has 2 aromatic heterocycles. The molecule has 2 atom stereocenters. The highest BCUT2D eigenvalue weighted by Crippen LogP contribution is 2.33. The first-order valence-electron chi connectivity index (χ1n) is 14.0. The lowest BCUT2D eigenvalue weighted by atomic mass is 9.95. The number of nitrogens with two attached hydrogens (primary N) is 1. The Morgan fingerprint density at radius 3 is 2.75 bits per heavy atom. The van der Waals surface area contributed by atoms with Gasteiger partial charge in [0.1, 0.15) is 12.4 Å². The molecule has 1 aliphatic rings. The molecule has 2 amide bonds. The van der Waals surface area contributed by atoms with Crippen LogP contribution in [0.25, 0.3) is 22.9 Å². The number of nitrogens with zero attached hydrogens (tertiary/aromatic N) is 5. The fraction of sp³-hybridized carbons (Fsp3) is 0.258. The summed E-state index contributed by atoms with van der Waals surface area (Å²) in [5.41, 5.74) is 10.8. The molecule has 4 aromatic rings. The van der Waals surface area contributed by atoms with Crippen LogP contribution >= 0.6 is 11.6 Å². The number of aromatic nitrogens is 5. The SMILES string of the molecule is COC(=O)Cc1ccc2c(c1)N[C@@H](C(N)=O)CCCC[C@H](NC(=O)/C=C/c1cc(Cl)ccc1-n1cnnn1)c1cc-2ccn1. The monoisotopic (exact) mass is 614 g/mol. The first-order chi connectivity index (χ1) is 21.3. The Kier molecular flexibility index (Phi) is 9.60. The summed E-state index contributed by atoms with van der Waals surface area (Å²) in [5, 5.41) is 18.2. The van der Waals surface area contributed by atoms with E-state index in [2.05, 4.69) is 31.1 Å². The van der Waals surface area contributed by atoms with Crippen LogP contribution in [0.2, 0.25) is 5.02 Å². The molecule has 1 aliphatic heterocycles. The summed E-state index contributed by atoms with van der Waals surface area (Å²) in [6.45, 7) is 0. The zero-order valence-corrected chi connectivity index (χ0v) is 24.7. The number of tetrazole rings is 1. The second-order valence-electron chi connectivity index (χ2n) is 10.3. The number of primary amides is 1. The van der Waals surface area contributed by atoms with Crippen LogP contribution in [0.5, 0.6) is 0 Å². The first-order valence-corrected chi connectivity index (χ1v) is 14.4. The number of amides is 2. The highest BCUT2D eigenvalue weighted by Gasteiger charge is 2.22. The molecule has 13 heteroatoms. The lowest BCUT2D eigenvalue weighted by Gasteiger charge is -2.23. The van der Waals surface area contributed by atoms with Gasteiger partial charge in [-0.15, -0.1) is 5.10 Å². The number of nitrogens with one attached hydrogen (secondary N) is 2. The standard InChI is InChI=1S/C31H31ClN8O4/c1-44-30(42)15-19-6-9-23-20-12-13-34-27(17-20)24(4-2-3-5-25(31(33)43)36-26(23)14-19)37-29(41)11-7-21-16-22(32)8-10-28(21)40-18-35-38-39-40/h6-14,16-18,24-25,36H,2-5,15H2,1H3,(H2,33,43)(H,37,41)/b11-7+/t24-,25+/m0/s1. The molecule has 2 bridgehead atoms. The zero-order valence-electron chi connectivity index (χ0n) is 23.9. The summed E-state index contributed by atoms with van der Waals surface area (Å²) in [6.07, 6.45) is 8.80. The van der Waals surface area contributed by atoms with Gasteiger partial charge in [-0.3, -0.25) is 19.4 Å². The zero-order chi connectivity index (χ0) is 31.1. The quantitative estimate of drug-likeness (QED) is 0.207. The summed E-state index contributed by atoms with van der Waals surface area (Å²) < 4.78 is 6.31. The predicted molar refractivity (Wildman–Crippen MR) is 165 cm³/mol. The van der Waals surface area contributed by atoms with Crippen molar-refractivity contribution in [3.63, 3.8) is 0 Å². The number of pyridine rings is 1. The van der Waals surface area contributed by atoms with Gasteiger partial charge in [0.25, 0.3) is 0 Å². The van der Waals surface area contributed by atoms with E-state index < -0.39 is 18.0 Å². The molecule has 3 heterocycles. The molecule has 4 N–H and O–H groups in total. The summed E-state index contributed by atoms with van der Waals surface area (Å²) in [6, 6.07) is 13.5. The number of ether oxygens (including phenoxy) is 1. The Labute approximate surface area is 258 Å². The van der Waals surface area contributed by atoms with Gasteiger partial charge in [-0.2, -0.15) is 4.68 Å². The van der Waals surface area contributed by atoms with Gasteiger partial charge < -0.3 is 21.1 Å². The second kappa shape index (κ2) is 13.9. The summed E-state index contributed by atoms with van der Waals surface area (Å²) >= 11 is 6.22. The van der Waals surface area contributed by atoms with Gasteiger partial charge in [0.05, 0.1) is 31.0 Å². The highest BCUT2D eigenvalue weighted by atomic mass is 35.5. The van der Waals surface area contributed by atoms with E-state index in [-0.39, 0.29) is 18.3 Å². The van der Waals surface area contributed by atoms with Crippen molar-refractivity contribution in [3.8, 4) is 16.8 Å². The lowest BCUT2D eigenvalue weighted by molar-refractivity contribution is -0.139. The van der Waals surface area contributed by atoms with Gasteiger partial charge in [0.15, 0.2) is 0 Å². The van der Waals surface area contributed by atoms with E-state index in [1.807, 2.05) is 30.3 Å². The van der Waals surface area contributed by atoms with Gasteiger partial charge >= 0.3 is 5.97 Å². The Morgan fingerprint density at radius 2 is 1.98 bits per heavy atom. The summed E-state index contributed by atoms with van der Waals surface area (Å²) in [7, 11) is 1.34. The molecule has 0 radical (unpaired) electrons. The van der Waals surface area contributed by atoms with Gasteiger partial charge in [-0.1, -0.05) is 36.6 Å². The van der Waals surface area contributed by atoms with Crippen molar-refractivity contribution in [2.45, 2.75) is 44.2 Å². The number of methoxy groups -OCH3 is 1. The first kappa shape index (κ1) is 30.4. The van der Waals surface area contributed by atoms with Crippen molar-refractivity contribution in [2.75, 3.05) is 12.4 Å². The number of benzene rings is 2. The largest absolute Gasteiger partial charge is 0.469 e. The highest BCUT2D eigenvalue weighted by molar-refractivity contribution is 6.30. The van der Waals surface area contributed by atoms with Crippen LogP contribution in [-0.2, 0) is 25.5 Å². The fourth-order valence-electron chi connectivity index (χ4n) is 5.11. The maximum absolute atomic E-state index is 13.2. The number of hydrogen-bond acceptors (Lipinski definition) is 9. The van der Waals surface area contributed by atoms with Gasteiger partial charge in [-0.05, 0) is 76.9 Å².